The maximum Gasteiger partial charge on any atom is 0.135 e. The molecule has 5 nitrogen and oxygen atoms in total. The zero-order chi connectivity index (χ0) is 18.5. The minimum absolute atomic E-state index is 0.350. The molecule has 0 fully saturated rings. The molecule has 0 saturated heterocycles. The van der Waals surface area contributed by atoms with E-state index in [9.17, 15) is 0 Å². The highest BCUT2D eigenvalue weighted by molar-refractivity contribution is 7.78. The van der Waals surface area contributed by atoms with Gasteiger partial charge >= 0.3 is 0 Å². The highest BCUT2D eigenvalue weighted by Crippen LogP contribution is 2.24. The van der Waals surface area contributed by atoms with E-state index in [-0.39, 0.29) is 0 Å². The number of thiocarbonyl (C=S) groups is 1. The van der Waals surface area contributed by atoms with Gasteiger partial charge in [0.05, 0.1) is 12.6 Å². The monoisotopic (exact) mass is 366 g/mol. The van der Waals surface area contributed by atoms with E-state index in [1.165, 1.54) is 16.4 Å². The second kappa shape index (κ2) is 8.01. The second-order valence-corrected chi connectivity index (χ2v) is 6.13. The number of fused-ring (bicyclic) bond motifs is 1. The molecule has 3 N–H and O–H groups in total. The number of H-pyrrole nitrogens is 1. The molecule has 1 heterocycles. The van der Waals surface area contributed by atoms with Gasteiger partial charge in [-0.1, -0.05) is 30.4 Å². The number of aromatic amines is 1. The summed E-state index contributed by atoms with van der Waals surface area (Å²) in [6.45, 7) is 0.630. The van der Waals surface area contributed by atoms with E-state index >= 15 is 0 Å². The van der Waals surface area contributed by atoms with Crippen LogP contribution >= 0.6 is 12.2 Å². The Kier molecular flexibility index (Phi) is 5.53. The summed E-state index contributed by atoms with van der Waals surface area (Å²) in [5.41, 5.74) is 5.50. The van der Waals surface area contributed by atoms with Gasteiger partial charge in [0.2, 0.25) is 0 Å². The van der Waals surface area contributed by atoms with E-state index < -0.39 is 0 Å². The molecular weight excluding hydrogens is 344 g/mol. The first-order valence-corrected chi connectivity index (χ1v) is 8.86. The first-order chi connectivity index (χ1) is 12.7. The molecule has 0 aliphatic heterocycles. The number of hydrogen-bond acceptors (Lipinski definition) is 4. The Morgan fingerprint density at radius 3 is 2.85 bits per heavy atom. The van der Waals surface area contributed by atoms with Crippen LogP contribution in [-0.4, -0.2) is 41.9 Å². The van der Waals surface area contributed by atoms with Gasteiger partial charge < -0.3 is 19.9 Å². The van der Waals surface area contributed by atoms with Crippen molar-refractivity contribution < 1.29 is 4.74 Å². The molecule has 2 aromatic carbocycles. The Morgan fingerprint density at radius 1 is 1.31 bits per heavy atom. The molecule has 6 heteroatoms. The fraction of sp³-hybridized carbons (Fsp3) is 0.200. The van der Waals surface area contributed by atoms with Gasteiger partial charge in [-0.05, 0) is 36.2 Å². The summed E-state index contributed by atoms with van der Waals surface area (Å²) in [6, 6.07) is 13.9. The number of hydrogen-bond donors (Lipinski definition) is 3. The summed E-state index contributed by atoms with van der Waals surface area (Å²) in [4.78, 5) is 5.07. The minimum atomic E-state index is 0.350. The van der Waals surface area contributed by atoms with Crippen molar-refractivity contribution in [1.29, 1.82) is 5.41 Å². The van der Waals surface area contributed by atoms with Crippen LogP contribution in [0.4, 0.5) is 5.69 Å². The van der Waals surface area contributed by atoms with Crippen LogP contribution in [0.1, 0.15) is 11.1 Å². The highest BCUT2D eigenvalue weighted by atomic mass is 32.1. The third-order valence-electron chi connectivity index (χ3n) is 4.46. The van der Waals surface area contributed by atoms with Crippen molar-refractivity contribution in [2.45, 2.75) is 6.42 Å². The standard InChI is InChI=1S/C20H22N4OS/c1-22-18-8-7-15(25-2)11-17(18)20(21)24(13-26)10-9-14-12-23-19-6-4-3-5-16(14)19/h3-8,11-13,21-23H,9-10H2,1-2H3. The normalized spacial score (nSPS) is 10.5. The number of benzene rings is 2. The van der Waals surface area contributed by atoms with Crippen molar-refractivity contribution in [2.75, 3.05) is 26.0 Å². The summed E-state index contributed by atoms with van der Waals surface area (Å²) in [6.07, 6.45) is 2.82. The summed E-state index contributed by atoms with van der Waals surface area (Å²) in [7, 11) is 3.46. The molecule has 3 aromatic rings. The number of rotatable bonds is 7. The van der Waals surface area contributed by atoms with Crippen LogP contribution in [-0.2, 0) is 6.42 Å². The minimum Gasteiger partial charge on any atom is -0.497 e. The van der Waals surface area contributed by atoms with Gasteiger partial charge in [-0.25, -0.2) is 0 Å². The van der Waals surface area contributed by atoms with Crippen molar-refractivity contribution in [2.24, 2.45) is 0 Å². The van der Waals surface area contributed by atoms with E-state index in [0.717, 1.165) is 23.2 Å². The van der Waals surface area contributed by atoms with Crippen LogP contribution in [0.25, 0.3) is 10.9 Å². The van der Waals surface area contributed by atoms with Crippen molar-refractivity contribution >= 4 is 40.1 Å². The average Bonchev–Trinajstić information content (AvgIpc) is 3.11. The molecular formula is C20H22N4OS. The quantitative estimate of drug-likeness (QED) is 0.335. The Bertz CT molecular complexity index is 934. The summed E-state index contributed by atoms with van der Waals surface area (Å²) in [5.74, 6) is 1.06. The molecule has 0 saturated carbocycles. The Balaban J connectivity index is 1.80. The van der Waals surface area contributed by atoms with Crippen molar-refractivity contribution in [1.82, 2.24) is 9.88 Å². The zero-order valence-electron chi connectivity index (χ0n) is 14.9. The fourth-order valence-corrected chi connectivity index (χ4v) is 3.23. The maximum atomic E-state index is 8.62. The molecule has 0 unspecified atom stereocenters. The van der Waals surface area contributed by atoms with Gasteiger partial charge in [0, 0.05) is 41.9 Å². The van der Waals surface area contributed by atoms with E-state index in [1.807, 2.05) is 43.6 Å². The van der Waals surface area contributed by atoms with Gasteiger partial charge in [0.25, 0.3) is 0 Å². The lowest BCUT2D eigenvalue weighted by Crippen LogP contribution is -2.31. The fourth-order valence-electron chi connectivity index (χ4n) is 3.02. The number of methoxy groups -OCH3 is 1. The molecule has 0 radical (unpaired) electrons. The topological polar surface area (TPSA) is 64.1 Å². The van der Waals surface area contributed by atoms with E-state index in [2.05, 4.69) is 22.4 Å². The summed E-state index contributed by atoms with van der Waals surface area (Å²) in [5, 5.41) is 13.0. The van der Waals surface area contributed by atoms with Crippen molar-refractivity contribution in [3.8, 4) is 5.75 Å². The van der Waals surface area contributed by atoms with Crippen LogP contribution in [0.15, 0.2) is 48.7 Å². The lowest BCUT2D eigenvalue weighted by atomic mass is 10.1. The van der Waals surface area contributed by atoms with Gasteiger partial charge in [0.15, 0.2) is 0 Å². The molecule has 0 aliphatic carbocycles. The Labute approximate surface area is 158 Å². The third-order valence-corrected chi connectivity index (χ3v) is 4.72. The first-order valence-electron chi connectivity index (χ1n) is 8.39. The van der Waals surface area contributed by atoms with E-state index in [4.69, 9.17) is 22.4 Å². The molecule has 0 aliphatic rings. The maximum absolute atomic E-state index is 8.62. The SMILES string of the molecule is CNc1ccc(OC)cc1C(=N)N(C=S)CCc1c[nH]c2ccccc12. The van der Waals surface area contributed by atoms with Gasteiger partial charge in [-0.3, -0.25) is 5.41 Å². The van der Waals surface area contributed by atoms with E-state index in [1.54, 1.807) is 12.0 Å². The first kappa shape index (κ1) is 17.9. The summed E-state index contributed by atoms with van der Waals surface area (Å²) >= 11 is 5.18. The lowest BCUT2D eigenvalue weighted by Gasteiger charge is -2.22. The zero-order valence-corrected chi connectivity index (χ0v) is 15.7. The van der Waals surface area contributed by atoms with Crippen LogP contribution in [0, 0.1) is 5.41 Å². The Hall–Kier alpha value is -2.86. The van der Waals surface area contributed by atoms with Crippen LogP contribution in [0.3, 0.4) is 0 Å². The lowest BCUT2D eigenvalue weighted by molar-refractivity contribution is 0.414. The number of ether oxygens (including phenoxy) is 1. The molecule has 0 bridgehead atoms. The van der Waals surface area contributed by atoms with E-state index in [0.29, 0.717) is 18.1 Å². The molecule has 0 amide bonds. The predicted molar refractivity (Wildman–Crippen MR) is 112 cm³/mol. The van der Waals surface area contributed by atoms with Crippen LogP contribution in [0.5, 0.6) is 5.75 Å². The molecule has 0 spiro atoms. The number of aromatic nitrogens is 1. The number of amidine groups is 1. The number of anilines is 1. The number of para-hydroxylation sites is 1. The second-order valence-electron chi connectivity index (χ2n) is 5.92. The molecule has 134 valence electrons. The average molecular weight is 366 g/mol. The van der Waals surface area contributed by atoms with Gasteiger partial charge in [-0.15, -0.1) is 0 Å². The van der Waals surface area contributed by atoms with Gasteiger partial charge in [0.1, 0.15) is 11.6 Å². The van der Waals surface area contributed by atoms with Gasteiger partial charge in [-0.2, -0.15) is 0 Å². The molecule has 1 aromatic heterocycles. The number of nitrogens with one attached hydrogen (secondary N) is 3. The predicted octanol–water partition coefficient (Wildman–Crippen LogP) is 4.05. The molecule has 3 rings (SSSR count). The Morgan fingerprint density at radius 2 is 2.12 bits per heavy atom. The van der Waals surface area contributed by atoms with Crippen molar-refractivity contribution in [3.63, 3.8) is 0 Å². The molecule has 26 heavy (non-hydrogen) atoms. The third kappa shape index (κ3) is 3.55. The highest BCUT2D eigenvalue weighted by Gasteiger charge is 2.15. The summed E-state index contributed by atoms with van der Waals surface area (Å²) < 4.78 is 5.30. The van der Waals surface area contributed by atoms with Crippen molar-refractivity contribution in [3.05, 3.63) is 59.8 Å². The van der Waals surface area contributed by atoms with Crippen LogP contribution < -0.4 is 10.1 Å². The largest absolute Gasteiger partial charge is 0.497 e. The van der Waals surface area contributed by atoms with Crippen LogP contribution in [0.2, 0.25) is 0 Å². The number of nitrogens with zero attached hydrogens (tertiary/aromatic N) is 1. The molecule has 0 atom stereocenters. The smallest absolute Gasteiger partial charge is 0.135 e.